The van der Waals surface area contributed by atoms with Crippen molar-refractivity contribution in [1.29, 1.82) is 5.26 Å². The van der Waals surface area contributed by atoms with Gasteiger partial charge < -0.3 is 15.3 Å². The number of hydrogen-bond acceptors (Lipinski definition) is 5. The van der Waals surface area contributed by atoms with Crippen LogP contribution in [0.4, 0.5) is 19.0 Å². The predicted octanol–water partition coefficient (Wildman–Crippen LogP) is 5.76. The molecule has 0 aliphatic heterocycles. The van der Waals surface area contributed by atoms with E-state index in [-0.39, 0.29) is 5.82 Å². The number of halogens is 3. The number of carboxylic acid groups (broad SMARTS) is 1. The summed E-state index contributed by atoms with van der Waals surface area (Å²) in [5, 5.41) is 16.8. The summed E-state index contributed by atoms with van der Waals surface area (Å²) < 4.78 is 37.4. The molecule has 0 atom stereocenters. The van der Waals surface area contributed by atoms with Crippen LogP contribution in [-0.4, -0.2) is 22.2 Å². The van der Waals surface area contributed by atoms with Gasteiger partial charge in [-0.05, 0) is 17.7 Å². The van der Waals surface area contributed by atoms with Crippen molar-refractivity contribution >= 4 is 11.8 Å². The Labute approximate surface area is 186 Å². The fraction of sp³-hybridized carbons (Fsp3) is 0.0417. The van der Waals surface area contributed by atoms with Crippen LogP contribution >= 0.6 is 0 Å². The number of nitrogens with zero attached hydrogens (tertiary/aromatic N) is 2. The van der Waals surface area contributed by atoms with Crippen molar-refractivity contribution < 1.29 is 27.5 Å². The van der Waals surface area contributed by atoms with Crippen LogP contribution < -0.4 is 5.73 Å². The van der Waals surface area contributed by atoms with Gasteiger partial charge in [0.25, 0.3) is 0 Å². The van der Waals surface area contributed by atoms with Gasteiger partial charge in [0, 0.05) is 16.7 Å². The third-order valence-electron chi connectivity index (χ3n) is 4.46. The average molecular weight is 451 g/mol. The number of rotatable bonds is 3. The van der Waals surface area contributed by atoms with Crippen LogP contribution in [0, 0.1) is 11.3 Å². The zero-order valence-electron chi connectivity index (χ0n) is 16.9. The highest BCUT2D eigenvalue weighted by atomic mass is 19.4. The molecule has 0 aliphatic rings. The van der Waals surface area contributed by atoms with Crippen molar-refractivity contribution in [3.63, 3.8) is 0 Å². The molecule has 33 heavy (non-hydrogen) atoms. The van der Waals surface area contributed by atoms with Crippen molar-refractivity contribution in [2.45, 2.75) is 6.18 Å². The minimum absolute atomic E-state index is 0.192. The zero-order chi connectivity index (χ0) is 24.0. The van der Waals surface area contributed by atoms with Gasteiger partial charge in [-0.3, -0.25) is 0 Å². The monoisotopic (exact) mass is 451 g/mol. The van der Waals surface area contributed by atoms with Gasteiger partial charge >= 0.3 is 12.1 Å². The number of benzene rings is 2. The summed E-state index contributed by atoms with van der Waals surface area (Å²) in [5.74, 6) is -1.98. The summed E-state index contributed by atoms with van der Waals surface area (Å²) in [5.41, 5.74) is 10.6. The van der Waals surface area contributed by atoms with E-state index in [4.69, 9.17) is 20.1 Å². The quantitative estimate of drug-likeness (QED) is 0.409. The van der Waals surface area contributed by atoms with Crippen molar-refractivity contribution in [2.75, 3.05) is 5.73 Å². The molecule has 2 aromatic heterocycles. The average Bonchev–Trinajstić information content (AvgIpc) is 3.34. The maximum Gasteiger partial charge on any atom is 0.490 e. The molecule has 0 amide bonds. The van der Waals surface area contributed by atoms with Gasteiger partial charge in [-0.2, -0.15) is 18.4 Å². The first-order valence-corrected chi connectivity index (χ1v) is 9.42. The highest BCUT2D eigenvalue weighted by molar-refractivity contribution is 5.96. The lowest BCUT2D eigenvalue weighted by molar-refractivity contribution is -0.192. The van der Waals surface area contributed by atoms with E-state index in [0.717, 1.165) is 22.4 Å². The third-order valence-corrected chi connectivity index (χ3v) is 4.46. The van der Waals surface area contributed by atoms with Crippen LogP contribution in [0.5, 0.6) is 0 Å². The number of hydrogen-bond donors (Lipinski definition) is 2. The molecule has 0 saturated heterocycles. The molecule has 4 aromatic rings. The SMILES string of the molecule is N#Cc1c(N)nc(-c2ccccc2)c(-c2ccccc2)c1-c1ccco1.O=C(O)C(F)(F)F. The Morgan fingerprint density at radius 2 is 1.48 bits per heavy atom. The smallest absolute Gasteiger partial charge is 0.475 e. The van der Waals surface area contributed by atoms with E-state index in [0.29, 0.717) is 16.9 Å². The topological polar surface area (TPSA) is 113 Å². The van der Waals surface area contributed by atoms with Crippen molar-refractivity contribution in [1.82, 2.24) is 4.98 Å². The van der Waals surface area contributed by atoms with Gasteiger partial charge in [-0.15, -0.1) is 0 Å². The molecule has 0 saturated carbocycles. The van der Waals surface area contributed by atoms with E-state index < -0.39 is 12.1 Å². The number of furan rings is 1. The summed E-state index contributed by atoms with van der Waals surface area (Å²) in [6.45, 7) is 0. The van der Waals surface area contributed by atoms with Crippen LogP contribution in [0.2, 0.25) is 0 Å². The first kappa shape index (κ1) is 23.1. The molecule has 3 N–H and O–H groups in total. The molecule has 0 radical (unpaired) electrons. The molecule has 4 rings (SSSR count). The number of nitriles is 1. The standard InChI is InChI=1S/C22H15N3O.C2HF3O2/c23-14-17-20(18-12-7-13-26-18)19(15-8-3-1-4-9-15)21(25-22(17)24)16-10-5-2-6-11-16;3-2(4,5)1(6)7/h1-13H,(H2,24,25);(H,6,7). The van der Waals surface area contributed by atoms with Crippen LogP contribution in [-0.2, 0) is 4.79 Å². The molecular formula is C24H16F3N3O3. The van der Waals surface area contributed by atoms with E-state index in [9.17, 15) is 18.4 Å². The number of alkyl halides is 3. The number of carboxylic acids is 1. The second kappa shape index (κ2) is 9.70. The fourth-order valence-corrected chi connectivity index (χ4v) is 3.07. The van der Waals surface area contributed by atoms with Gasteiger partial charge in [-0.25, -0.2) is 9.78 Å². The molecule has 2 aromatic carbocycles. The van der Waals surface area contributed by atoms with Gasteiger partial charge in [0.15, 0.2) is 0 Å². The number of pyridine rings is 1. The normalized spacial score (nSPS) is 10.6. The summed E-state index contributed by atoms with van der Waals surface area (Å²) in [6.07, 6.45) is -3.50. The lowest BCUT2D eigenvalue weighted by atomic mass is 9.90. The lowest BCUT2D eigenvalue weighted by Gasteiger charge is -2.16. The minimum Gasteiger partial charge on any atom is -0.475 e. The number of anilines is 1. The Kier molecular flexibility index (Phi) is 6.79. The Balaban J connectivity index is 0.000000383. The Morgan fingerprint density at radius 3 is 1.94 bits per heavy atom. The molecule has 2 heterocycles. The summed E-state index contributed by atoms with van der Waals surface area (Å²) in [6, 6.07) is 25.5. The van der Waals surface area contributed by atoms with Gasteiger partial charge in [0.2, 0.25) is 0 Å². The van der Waals surface area contributed by atoms with Crippen LogP contribution in [0.1, 0.15) is 5.56 Å². The number of aromatic nitrogens is 1. The van der Waals surface area contributed by atoms with Gasteiger partial charge in [-0.1, -0.05) is 60.7 Å². The maximum absolute atomic E-state index is 10.6. The number of carbonyl (C=O) groups is 1. The van der Waals surface area contributed by atoms with Crippen LogP contribution in [0.25, 0.3) is 33.7 Å². The molecule has 166 valence electrons. The van der Waals surface area contributed by atoms with E-state index >= 15 is 0 Å². The van der Waals surface area contributed by atoms with E-state index in [2.05, 4.69) is 11.1 Å². The highest BCUT2D eigenvalue weighted by Gasteiger charge is 2.38. The summed E-state index contributed by atoms with van der Waals surface area (Å²) >= 11 is 0. The first-order valence-electron chi connectivity index (χ1n) is 9.42. The fourth-order valence-electron chi connectivity index (χ4n) is 3.07. The van der Waals surface area contributed by atoms with Crippen LogP contribution in [0.3, 0.4) is 0 Å². The summed E-state index contributed by atoms with van der Waals surface area (Å²) in [4.78, 5) is 13.5. The minimum atomic E-state index is -5.08. The Bertz CT molecular complexity index is 1280. The van der Waals surface area contributed by atoms with E-state index in [1.165, 1.54) is 0 Å². The number of nitrogen functional groups attached to an aromatic ring is 1. The van der Waals surface area contributed by atoms with Gasteiger partial charge in [0.05, 0.1) is 12.0 Å². The molecule has 0 unspecified atom stereocenters. The second-order valence-electron chi connectivity index (χ2n) is 6.59. The predicted molar refractivity (Wildman–Crippen MR) is 116 cm³/mol. The molecule has 0 fully saturated rings. The van der Waals surface area contributed by atoms with Crippen molar-refractivity contribution in [2.24, 2.45) is 0 Å². The van der Waals surface area contributed by atoms with Crippen LogP contribution in [0.15, 0.2) is 83.5 Å². The maximum atomic E-state index is 10.6. The Morgan fingerprint density at radius 1 is 0.939 bits per heavy atom. The third kappa shape index (κ3) is 5.19. The van der Waals surface area contributed by atoms with Crippen molar-refractivity contribution in [3.05, 3.63) is 84.6 Å². The second-order valence-corrected chi connectivity index (χ2v) is 6.59. The molecule has 0 aliphatic carbocycles. The molecule has 9 heteroatoms. The first-order chi connectivity index (χ1) is 15.7. The molecular weight excluding hydrogens is 435 g/mol. The Hall–Kier alpha value is -4.58. The highest BCUT2D eigenvalue weighted by Crippen LogP contribution is 2.42. The van der Waals surface area contributed by atoms with E-state index in [1.807, 2.05) is 66.7 Å². The molecule has 0 spiro atoms. The van der Waals surface area contributed by atoms with Crippen molar-refractivity contribution in [3.8, 4) is 39.8 Å². The summed E-state index contributed by atoms with van der Waals surface area (Å²) in [7, 11) is 0. The number of aliphatic carboxylic acids is 1. The van der Waals surface area contributed by atoms with Gasteiger partial charge in [0.1, 0.15) is 23.2 Å². The molecule has 0 bridgehead atoms. The molecule has 6 nitrogen and oxygen atoms in total. The lowest BCUT2D eigenvalue weighted by Crippen LogP contribution is -2.21. The number of nitrogens with two attached hydrogens (primary N) is 1. The zero-order valence-corrected chi connectivity index (χ0v) is 16.9. The largest absolute Gasteiger partial charge is 0.490 e. The van der Waals surface area contributed by atoms with E-state index in [1.54, 1.807) is 12.3 Å².